The van der Waals surface area contributed by atoms with Crippen LogP contribution in [0.15, 0.2) is 16.8 Å². The molecule has 0 bridgehead atoms. The van der Waals surface area contributed by atoms with Crippen LogP contribution in [0.4, 0.5) is 0 Å². The first-order chi connectivity index (χ1) is 9.06. The molecule has 1 saturated heterocycles. The van der Waals surface area contributed by atoms with Gasteiger partial charge in [-0.3, -0.25) is 9.69 Å². The summed E-state index contributed by atoms with van der Waals surface area (Å²) in [6, 6.07) is 2.04. The molecule has 1 N–H and O–H groups in total. The smallest absolute Gasteiger partial charge is 0.236 e. The Hall–Kier alpha value is -0.910. The molecule has 0 aromatic carbocycles. The first-order valence-electron chi connectivity index (χ1n) is 6.71. The fourth-order valence-corrected chi connectivity index (χ4v) is 2.97. The summed E-state index contributed by atoms with van der Waals surface area (Å²) >= 11 is 1.65. The quantitative estimate of drug-likeness (QED) is 0.908. The predicted molar refractivity (Wildman–Crippen MR) is 77.0 cm³/mol. The van der Waals surface area contributed by atoms with Crippen molar-refractivity contribution in [2.45, 2.75) is 26.0 Å². The molecule has 2 rings (SSSR count). The topological polar surface area (TPSA) is 43.8 Å². The van der Waals surface area contributed by atoms with Crippen LogP contribution in [0.2, 0.25) is 0 Å². The zero-order valence-electron chi connectivity index (χ0n) is 11.6. The van der Waals surface area contributed by atoms with Gasteiger partial charge in [0.2, 0.25) is 5.91 Å². The zero-order chi connectivity index (χ0) is 13.8. The third kappa shape index (κ3) is 4.03. The van der Waals surface area contributed by atoms with Crippen LogP contribution < -0.4 is 0 Å². The van der Waals surface area contributed by atoms with Crippen molar-refractivity contribution >= 4 is 17.2 Å². The maximum atomic E-state index is 12.1. The largest absolute Gasteiger partial charge is 0.392 e. The molecule has 1 fully saturated rings. The average Bonchev–Trinajstić information content (AvgIpc) is 2.86. The SMILES string of the molecule is CC1CCN(CC(=O)N(C)Cc2ccsc2)CC1O. The Morgan fingerprint density at radius 2 is 2.42 bits per heavy atom. The van der Waals surface area contributed by atoms with Crippen molar-refractivity contribution in [2.75, 3.05) is 26.7 Å². The van der Waals surface area contributed by atoms with E-state index >= 15 is 0 Å². The van der Waals surface area contributed by atoms with Gasteiger partial charge in [-0.05, 0) is 41.3 Å². The van der Waals surface area contributed by atoms with Gasteiger partial charge in [-0.1, -0.05) is 6.92 Å². The summed E-state index contributed by atoms with van der Waals surface area (Å²) in [5.41, 5.74) is 1.17. The molecule has 1 aliphatic heterocycles. The molecule has 2 unspecified atom stereocenters. The lowest BCUT2D eigenvalue weighted by atomic mass is 9.96. The van der Waals surface area contributed by atoms with E-state index in [1.54, 1.807) is 16.2 Å². The van der Waals surface area contributed by atoms with Crippen LogP contribution in [0.25, 0.3) is 0 Å². The van der Waals surface area contributed by atoms with E-state index in [4.69, 9.17) is 0 Å². The van der Waals surface area contributed by atoms with Gasteiger partial charge in [0, 0.05) is 20.1 Å². The Bertz CT molecular complexity index is 408. The first-order valence-corrected chi connectivity index (χ1v) is 7.66. The normalized spacial score (nSPS) is 24.4. The molecule has 2 heterocycles. The maximum absolute atomic E-state index is 12.1. The Balaban J connectivity index is 1.80. The number of carbonyl (C=O) groups excluding carboxylic acids is 1. The van der Waals surface area contributed by atoms with Gasteiger partial charge >= 0.3 is 0 Å². The lowest BCUT2D eigenvalue weighted by Gasteiger charge is -2.34. The monoisotopic (exact) mass is 282 g/mol. The van der Waals surface area contributed by atoms with E-state index in [2.05, 4.69) is 17.2 Å². The molecule has 1 aromatic rings. The second-order valence-electron chi connectivity index (χ2n) is 5.45. The number of thiophene rings is 1. The highest BCUT2D eigenvalue weighted by atomic mass is 32.1. The molecular weight excluding hydrogens is 260 g/mol. The van der Waals surface area contributed by atoms with Crippen LogP contribution in [-0.2, 0) is 11.3 Å². The lowest BCUT2D eigenvalue weighted by Crippen LogP contribution is -2.47. The molecule has 1 amide bonds. The second-order valence-corrected chi connectivity index (χ2v) is 6.23. The van der Waals surface area contributed by atoms with Crippen LogP contribution in [0.1, 0.15) is 18.9 Å². The third-order valence-electron chi connectivity index (χ3n) is 3.79. The van der Waals surface area contributed by atoms with Gasteiger partial charge < -0.3 is 10.0 Å². The number of carbonyl (C=O) groups is 1. The predicted octanol–water partition coefficient (Wildman–Crippen LogP) is 1.41. The first kappa shape index (κ1) is 14.5. The van der Waals surface area contributed by atoms with Crippen LogP contribution in [0, 0.1) is 5.92 Å². The minimum Gasteiger partial charge on any atom is -0.392 e. The Kier molecular flexibility index (Phi) is 4.96. The van der Waals surface area contributed by atoms with Gasteiger partial charge in [0.1, 0.15) is 0 Å². The summed E-state index contributed by atoms with van der Waals surface area (Å²) < 4.78 is 0. The number of β-amino-alcohol motifs (C(OH)–C–C–N with tert-alkyl or cyclic N) is 1. The number of aliphatic hydroxyl groups excluding tert-OH is 1. The summed E-state index contributed by atoms with van der Waals surface area (Å²) in [6.07, 6.45) is 0.659. The van der Waals surface area contributed by atoms with E-state index in [0.717, 1.165) is 13.0 Å². The standard InChI is InChI=1S/C14H22N2O2S/c1-11-3-5-16(8-13(11)17)9-14(18)15(2)7-12-4-6-19-10-12/h4,6,10-11,13,17H,3,5,7-9H2,1-2H3. The molecular formula is C14H22N2O2S. The van der Waals surface area contributed by atoms with Crippen LogP contribution in [0.5, 0.6) is 0 Å². The number of likely N-dealkylation sites (tertiary alicyclic amines) is 1. The molecule has 0 saturated carbocycles. The summed E-state index contributed by atoms with van der Waals surface area (Å²) in [5, 5.41) is 13.9. The van der Waals surface area contributed by atoms with Gasteiger partial charge in [-0.15, -0.1) is 0 Å². The lowest BCUT2D eigenvalue weighted by molar-refractivity contribution is -0.132. The van der Waals surface area contributed by atoms with Gasteiger partial charge in [0.15, 0.2) is 0 Å². The summed E-state index contributed by atoms with van der Waals surface area (Å²) in [7, 11) is 1.84. The number of hydrogen-bond donors (Lipinski definition) is 1. The van der Waals surface area contributed by atoms with Gasteiger partial charge in [0.25, 0.3) is 0 Å². The van der Waals surface area contributed by atoms with E-state index in [9.17, 15) is 9.90 Å². The van der Waals surface area contributed by atoms with E-state index in [1.807, 2.05) is 18.5 Å². The van der Waals surface area contributed by atoms with Gasteiger partial charge in [0.05, 0.1) is 12.6 Å². The van der Waals surface area contributed by atoms with Crippen LogP contribution in [0.3, 0.4) is 0 Å². The minimum absolute atomic E-state index is 0.118. The molecule has 0 spiro atoms. The van der Waals surface area contributed by atoms with Crippen molar-refractivity contribution in [1.29, 1.82) is 0 Å². The number of likely N-dealkylation sites (N-methyl/N-ethyl adjacent to an activating group) is 1. The van der Waals surface area contributed by atoms with Gasteiger partial charge in [-0.2, -0.15) is 11.3 Å². The highest BCUT2D eigenvalue weighted by Gasteiger charge is 2.26. The highest BCUT2D eigenvalue weighted by molar-refractivity contribution is 7.07. The number of aliphatic hydroxyl groups is 1. The number of nitrogens with zero attached hydrogens (tertiary/aromatic N) is 2. The maximum Gasteiger partial charge on any atom is 0.236 e. The molecule has 19 heavy (non-hydrogen) atoms. The average molecular weight is 282 g/mol. The third-order valence-corrected chi connectivity index (χ3v) is 4.52. The van der Waals surface area contributed by atoms with Crippen molar-refractivity contribution in [3.63, 3.8) is 0 Å². The van der Waals surface area contributed by atoms with Crippen LogP contribution >= 0.6 is 11.3 Å². The zero-order valence-corrected chi connectivity index (χ0v) is 12.4. The molecule has 1 aliphatic rings. The summed E-state index contributed by atoms with van der Waals surface area (Å²) in [5.74, 6) is 0.461. The Morgan fingerprint density at radius 3 is 3.05 bits per heavy atom. The molecule has 1 aromatic heterocycles. The van der Waals surface area contributed by atoms with Crippen molar-refractivity contribution in [1.82, 2.24) is 9.80 Å². The van der Waals surface area contributed by atoms with Crippen molar-refractivity contribution in [2.24, 2.45) is 5.92 Å². The number of hydrogen-bond acceptors (Lipinski definition) is 4. The summed E-state index contributed by atoms with van der Waals surface area (Å²) in [4.78, 5) is 15.9. The molecule has 5 heteroatoms. The fraction of sp³-hybridized carbons (Fsp3) is 0.643. The van der Waals surface area contributed by atoms with Crippen molar-refractivity contribution in [3.8, 4) is 0 Å². The van der Waals surface area contributed by atoms with Gasteiger partial charge in [-0.25, -0.2) is 0 Å². The van der Waals surface area contributed by atoms with Crippen molar-refractivity contribution < 1.29 is 9.90 Å². The number of amides is 1. The number of rotatable bonds is 4. The highest BCUT2D eigenvalue weighted by Crippen LogP contribution is 2.17. The van der Waals surface area contributed by atoms with Crippen molar-refractivity contribution in [3.05, 3.63) is 22.4 Å². The molecule has 4 nitrogen and oxygen atoms in total. The van der Waals surface area contributed by atoms with Crippen LogP contribution in [-0.4, -0.2) is 53.6 Å². The minimum atomic E-state index is -0.302. The molecule has 2 atom stereocenters. The Morgan fingerprint density at radius 1 is 1.63 bits per heavy atom. The Labute approximate surface area is 118 Å². The van der Waals surface area contributed by atoms with E-state index < -0.39 is 0 Å². The van der Waals surface area contributed by atoms with E-state index in [0.29, 0.717) is 25.6 Å². The molecule has 106 valence electrons. The fourth-order valence-electron chi connectivity index (χ4n) is 2.31. The van der Waals surface area contributed by atoms with E-state index in [-0.39, 0.29) is 12.0 Å². The summed E-state index contributed by atoms with van der Waals surface area (Å²) in [6.45, 7) is 4.64. The second kappa shape index (κ2) is 6.50. The molecule has 0 radical (unpaired) electrons. The number of piperidine rings is 1. The van der Waals surface area contributed by atoms with E-state index in [1.165, 1.54) is 5.56 Å². The molecule has 0 aliphatic carbocycles.